The lowest BCUT2D eigenvalue weighted by Gasteiger charge is -2.27. The number of amides is 2. The molecule has 0 aliphatic heterocycles. The third-order valence-electron chi connectivity index (χ3n) is 7.38. The van der Waals surface area contributed by atoms with Crippen LogP contribution in [0.4, 0.5) is 36.4 Å². The number of hydrogen-bond donors (Lipinski definition) is 2. The van der Waals surface area contributed by atoms with Gasteiger partial charge in [0.2, 0.25) is 0 Å². The first-order valence-electron chi connectivity index (χ1n) is 13.8. The minimum Gasteiger partial charge on any atom is -0.349 e. The highest BCUT2D eigenvalue weighted by Gasteiger charge is 2.75. The molecule has 1 fully saturated rings. The van der Waals surface area contributed by atoms with Crippen LogP contribution < -0.4 is 10.6 Å². The van der Waals surface area contributed by atoms with Crippen molar-refractivity contribution in [1.82, 2.24) is 35.1 Å². The average molecular weight is 707 g/mol. The largest absolute Gasteiger partial charge is 0.437 e. The van der Waals surface area contributed by atoms with Crippen molar-refractivity contribution in [2.24, 2.45) is 5.92 Å². The van der Waals surface area contributed by atoms with E-state index in [0.717, 1.165) is 23.6 Å². The monoisotopic (exact) mass is 706 g/mol. The molecule has 0 saturated heterocycles. The number of aryl methyl sites for hydroxylation is 1. The number of benzene rings is 1. The fourth-order valence-corrected chi connectivity index (χ4v) is 5.23. The highest BCUT2D eigenvalue weighted by molar-refractivity contribution is 6.32. The van der Waals surface area contributed by atoms with Gasteiger partial charge in [-0.05, 0) is 68.5 Å². The van der Waals surface area contributed by atoms with Gasteiger partial charge in [-0.2, -0.15) is 46.4 Å². The Hall–Kier alpha value is -4.25. The number of carbonyl (C=O) groups is 2. The second-order valence-electron chi connectivity index (χ2n) is 10.9. The van der Waals surface area contributed by atoms with Crippen molar-refractivity contribution in [2.75, 3.05) is 5.32 Å². The molecule has 3 heterocycles. The molecular formula is C28H23Cl2F7N8O2. The van der Waals surface area contributed by atoms with Gasteiger partial charge in [0.15, 0.2) is 5.82 Å². The Labute approximate surface area is 271 Å². The smallest absolute Gasteiger partial charge is 0.349 e. The molecule has 1 aromatic carbocycles. The van der Waals surface area contributed by atoms with Gasteiger partial charge < -0.3 is 10.6 Å². The lowest BCUT2D eigenvalue weighted by atomic mass is 10.0. The quantitative estimate of drug-likeness (QED) is 0.190. The van der Waals surface area contributed by atoms with E-state index in [1.165, 1.54) is 30.5 Å². The van der Waals surface area contributed by atoms with Crippen LogP contribution in [0.3, 0.4) is 0 Å². The van der Waals surface area contributed by atoms with Crippen molar-refractivity contribution < 1.29 is 40.3 Å². The van der Waals surface area contributed by atoms with E-state index in [-0.39, 0.29) is 50.7 Å². The molecule has 3 aromatic heterocycles. The predicted molar refractivity (Wildman–Crippen MR) is 154 cm³/mol. The highest BCUT2D eigenvalue weighted by Crippen LogP contribution is 2.52. The van der Waals surface area contributed by atoms with E-state index in [2.05, 4.69) is 30.9 Å². The Bertz CT molecular complexity index is 1820. The molecule has 0 radical (unpaired) electrons. The van der Waals surface area contributed by atoms with Crippen LogP contribution in [0, 0.1) is 12.8 Å². The van der Waals surface area contributed by atoms with Crippen molar-refractivity contribution in [2.45, 2.75) is 57.3 Å². The van der Waals surface area contributed by atoms with Gasteiger partial charge in [-0.3, -0.25) is 9.59 Å². The van der Waals surface area contributed by atoms with Gasteiger partial charge in [-0.1, -0.05) is 23.2 Å². The summed E-state index contributed by atoms with van der Waals surface area (Å²) in [7, 11) is 0. The molecule has 4 aromatic rings. The number of nitrogens with zero attached hydrogens (tertiary/aromatic N) is 6. The standard InChI is InChI=1S/C28H23Cl2F7N8O2/c1-13-8-16(29)9-18(24(46)40-14(2)15-5-6-15)22(13)41-25(47)20-10-17(42-45(20)23-19(30)4-3-7-38-23)12-44-39-11-21(43-44)26(31,27(32,33)34)28(35,36)37/h3-4,7-11,14-15H,5-6,12H2,1-2H3,(H,40,46)(H,41,47). The Morgan fingerprint density at radius 3 is 2.32 bits per heavy atom. The predicted octanol–water partition coefficient (Wildman–Crippen LogP) is 6.59. The summed E-state index contributed by atoms with van der Waals surface area (Å²) in [6.45, 7) is 2.77. The fourth-order valence-electron chi connectivity index (χ4n) is 4.76. The van der Waals surface area contributed by atoms with Crippen molar-refractivity contribution in [3.63, 3.8) is 0 Å². The van der Waals surface area contributed by atoms with Crippen LogP contribution in [0.2, 0.25) is 10.0 Å². The van der Waals surface area contributed by atoms with Crippen molar-refractivity contribution in [1.29, 1.82) is 0 Å². The number of rotatable bonds is 9. The molecule has 1 aliphatic rings. The number of halogens is 9. The Morgan fingerprint density at radius 1 is 1.02 bits per heavy atom. The second kappa shape index (κ2) is 12.4. The van der Waals surface area contributed by atoms with Crippen molar-refractivity contribution >= 4 is 40.7 Å². The number of anilines is 1. The number of alkyl halides is 7. The van der Waals surface area contributed by atoms with Crippen LogP contribution in [0.15, 0.2) is 42.7 Å². The number of pyridine rings is 1. The van der Waals surface area contributed by atoms with E-state index >= 15 is 0 Å². The number of hydrogen-bond acceptors (Lipinski definition) is 6. The van der Waals surface area contributed by atoms with Gasteiger partial charge in [-0.25, -0.2) is 14.1 Å². The molecule has 0 spiro atoms. The number of aromatic nitrogens is 6. The van der Waals surface area contributed by atoms with E-state index < -0.39 is 42.1 Å². The van der Waals surface area contributed by atoms with Gasteiger partial charge in [0.05, 0.1) is 28.2 Å². The van der Waals surface area contributed by atoms with Gasteiger partial charge in [0, 0.05) is 17.3 Å². The molecule has 2 N–H and O–H groups in total. The van der Waals surface area contributed by atoms with Crippen molar-refractivity contribution in [3.8, 4) is 5.82 Å². The molecule has 2 amide bonds. The summed E-state index contributed by atoms with van der Waals surface area (Å²) in [4.78, 5) is 31.4. The number of nitrogens with one attached hydrogen (secondary N) is 2. The zero-order valence-corrected chi connectivity index (χ0v) is 25.7. The maximum absolute atomic E-state index is 14.5. The summed E-state index contributed by atoms with van der Waals surface area (Å²) in [5, 5.41) is 16.4. The maximum atomic E-state index is 14.5. The lowest BCUT2D eigenvalue weighted by Crippen LogP contribution is -2.50. The zero-order valence-electron chi connectivity index (χ0n) is 24.2. The highest BCUT2D eigenvalue weighted by atomic mass is 35.5. The van der Waals surface area contributed by atoms with Gasteiger partial charge in [-0.15, -0.1) is 0 Å². The third-order valence-corrected chi connectivity index (χ3v) is 7.89. The molecule has 5 rings (SSSR count). The molecule has 47 heavy (non-hydrogen) atoms. The minimum absolute atomic E-state index is 0.00117. The van der Waals surface area contributed by atoms with Gasteiger partial charge >= 0.3 is 18.0 Å². The SMILES string of the molecule is Cc1cc(Cl)cc(C(=O)NC(C)C2CC2)c1NC(=O)c1cc(Cn2ncc(C(F)(C(F)(F)F)C(F)(F)F)n2)nn1-c1ncccc1Cl. The minimum atomic E-state index is -6.39. The Balaban J connectivity index is 1.50. The molecule has 250 valence electrons. The molecule has 1 aliphatic carbocycles. The van der Waals surface area contributed by atoms with Crippen LogP contribution in [0.5, 0.6) is 0 Å². The van der Waals surface area contributed by atoms with E-state index in [1.807, 2.05) is 6.92 Å². The van der Waals surface area contributed by atoms with Crippen LogP contribution in [-0.2, 0) is 12.2 Å². The molecule has 1 unspecified atom stereocenters. The molecule has 0 bridgehead atoms. The summed E-state index contributed by atoms with van der Waals surface area (Å²) in [5.41, 5.74) is -7.65. The van der Waals surface area contributed by atoms with Crippen LogP contribution in [0.25, 0.3) is 5.82 Å². The number of carbonyl (C=O) groups excluding carboxylic acids is 2. The molecule has 1 saturated carbocycles. The Kier molecular flexibility index (Phi) is 9.00. The third kappa shape index (κ3) is 6.76. The first-order valence-corrected chi connectivity index (χ1v) is 14.5. The average Bonchev–Trinajstić information content (AvgIpc) is 3.59. The first-order chi connectivity index (χ1) is 21.9. The van der Waals surface area contributed by atoms with Crippen LogP contribution >= 0.6 is 23.2 Å². The summed E-state index contributed by atoms with van der Waals surface area (Å²) in [6.07, 6.45) is -9.51. The van der Waals surface area contributed by atoms with E-state index in [9.17, 15) is 40.3 Å². The summed E-state index contributed by atoms with van der Waals surface area (Å²) in [5.74, 6) is -1.09. The maximum Gasteiger partial charge on any atom is 0.437 e. The van der Waals surface area contributed by atoms with Gasteiger partial charge in [0.25, 0.3) is 11.8 Å². The normalized spacial score (nSPS) is 14.6. The van der Waals surface area contributed by atoms with E-state index in [1.54, 1.807) is 6.92 Å². The summed E-state index contributed by atoms with van der Waals surface area (Å²) < 4.78 is 94.8. The first kappa shape index (κ1) is 34.1. The van der Waals surface area contributed by atoms with Gasteiger partial charge in [0.1, 0.15) is 17.9 Å². The second-order valence-corrected chi connectivity index (χ2v) is 11.7. The van der Waals surface area contributed by atoms with E-state index in [0.29, 0.717) is 16.3 Å². The molecule has 19 heteroatoms. The lowest BCUT2D eigenvalue weighted by molar-refractivity contribution is -0.350. The van der Waals surface area contributed by atoms with Crippen LogP contribution in [0.1, 0.15) is 57.6 Å². The molecule has 10 nitrogen and oxygen atoms in total. The zero-order chi connectivity index (χ0) is 34.5. The van der Waals surface area contributed by atoms with Crippen LogP contribution in [-0.4, -0.2) is 60.0 Å². The fraction of sp³-hybridized carbons (Fsp3) is 0.357. The van der Waals surface area contributed by atoms with Crippen molar-refractivity contribution in [3.05, 3.63) is 81.0 Å². The Morgan fingerprint density at radius 2 is 1.70 bits per heavy atom. The summed E-state index contributed by atoms with van der Waals surface area (Å²) >= 11 is 12.5. The van der Waals surface area contributed by atoms with E-state index in [4.69, 9.17) is 23.2 Å². The topological polar surface area (TPSA) is 120 Å². The molecule has 1 atom stereocenters. The molecular weight excluding hydrogens is 684 g/mol. The summed E-state index contributed by atoms with van der Waals surface area (Å²) in [6, 6.07) is 6.80.